The fraction of sp³-hybridized carbons (Fsp3) is 0.727. The summed E-state index contributed by atoms with van der Waals surface area (Å²) in [6, 6.07) is 0. The minimum absolute atomic E-state index is 0.128. The molecule has 1 saturated carbocycles. The zero-order valence-corrected chi connectivity index (χ0v) is 10.8. The van der Waals surface area contributed by atoms with Crippen LogP contribution in [0.1, 0.15) is 30.7 Å². The first kappa shape index (κ1) is 11.1. The molecule has 0 aromatic carbocycles. The van der Waals surface area contributed by atoms with E-state index in [1.54, 1.807) is 0 Å². The van der Waals surface area contributed by atoms with Crippen LogP contribution in [0.3, 0.4) is 0 Å². The van der Waals surface area contributed by atoms with Crippen LogP contribution in [0.25, 0.3) is 0 Å². The molecule has 0 saturated heterocycles. The number of halogens is 1. The Labute approximate surface area is 98.6 Å². The maximum Gasteiger partial charge on any atom is 0.0738 e. The summed E-state index contributed by atoms with van der Waals surface area (Å²) in [7, 11) is 1.97. The van der Waals surface area contributed by atoms with Gasteiger partial charge in [0.05, 0.1) is 15.9 Å². The smallest absolute Gasteiger partial charge is 0.0738 e. The first-order valence-corrected chi connectivity index (χ1v) is 6.16. The second kappa shape index (κ2) is 3.91. The zero-order chi connectivity index (χ0) is 11.1. The van der Waals surface area contributed by atoms with Crippen LogP contribution in [0.2, 0.25) is 0 Å². The van der Waals surface area contributed by atoms with Gasteiger partial charge in [0.25, 0.3) is 0 Å². The summed E-state index contributed by atoms with van der Waals surface area (Å²) in [5, 5.41) is 13.8. The Bertz CT molecular complexity index is 363. The van der Waals surface area contributed by atoms with Crippen LogP contribution in [0.5, 0.6) is 0 Å². The van der Waals surface area contributed by atoms with Crippen molar-refractivity contribution in [2.45, 2.75) is 32.6 Å². The van der Waals surface area contributed by atoms with Crippen molar-refractivity contribution in [3.63, 3.8) is 0 Å². The van der Waals surface area contributed by atoms with Crippen LogP contribution < -0.4 is 0 Å². The van der Waals surface area contributed by atoms with Gasteiger partial charge in [0.2, 0.25) is 0 Å². The average Bonchev–Trinajstić information content (AvgIpc) is 2.37. The molecule has 84 valence electrons. The third kappa shape index (κ3) is 1.85. The molecule has 0 aliphatic heterocycles. The molecule has 1 aliphatic rings. The highest BCUT2D eigenvalue weighted by molar-refractivity contribution is 9.10. The summed E-state index contributed by atoms with van der Waals surface area (Å²) in [4.78, 5) is 0. The molecule has 1 aliphatic carbocycles. The number of hydrogen-bond acceptors (Lipinski definition) is 2. The van der Waals surface area contributed by atoms with Crippen molar-refractivity contribution in [3.05, 3.63) is 15.9 Å². The third-order valence-electron chi connectivity index (χ3n) is 3.55. The Hall–Kier alpha value is -0.350. The molecule has 0 unspecified atom stereocenters. The Balaban J connectivity index is 2.23. The number of hydrogen-bond donors (Lipinski definition) is 1. The van der Waals surface area contributed by atoms with Crippen molar-refractivity contribution in [3.8, 4) is 0 Å². The summed E-state index contributed by atoms with van der Waals surface area (Å²) in [6.07, 6.45) is 4.46. The summed E-state index contributed by atoms with van der Waals surface area (Å²) >= 11 is 3.57. The quantitative estimate of drug-likeness (QED) is 0.916. The monoisotopic (exact) mass is 272 g/mol. The lowest BCUT2D eigenvalue weighted by atomic mass is 9.66. The lowest BCUT2D eigenvalue weighted by Gasteiger charge is -2.40. The maximum absolute atomic E-state index is 9.44. The number of aliphatic hydroxyl groups is 1. The van der Waals surface area contributed by atoms with Crippen molar-refractivity contribution < 1.29 is 5.11 Å². The number of aryl methyl sites for hydroxylation is 2. The standard InChI is InChI=1S/C11H17BrN2O/c1-8-10(12)9(14(2)13-8)6-11(7-15)4-3-5-11/h15H,3-7H2,1-2H3. The van der Waals surface area contributed by atoms with E-state index in [1.165, 1.54) is 12.1 Å². The van der Waals surface area contributed by atoms with Crippen LogP contribution in [-0.4, -0.2) is 21.5 Å². The van der Waals surface area contributed by atoms with Gasteiger partial charge in [-0.2, -0.15) is 5.10 Å². The number of nitrogens with zero attached hydrogens (tertiary/aromatic N) is 2. The molecular weight excluding hydrogens is 256 g/mol. The normalized spacial score (nSPS) is 18.9. The first-order valence-electron chi connectivity index (χ1n) is 5.37. The topological polar surface area (TPSA) is 38.0 Å². The Kier molecular flexibility index (Phi) is 2.90. The van der Waals surface area contributed by atoms with Gasteiger partial charge in [-0.25, -0.2) is 0 Å². The second-order valence-electron chi connectivity index (χ2n) is 4.66. The van der Waals surface area contributed by atoms with E-state index in [-0.39, 0.29) is 5.41 Å². The summed E-state index contributed by atoms with van der Waals surface area (Å²) < 4.78 is 3.03. The van der Waals surface area contributed by atoms with E-state index >= 15 is 0 Å². The molecule has 1 aromatic rings. The van der Waals surface area contributed by atoms with Crippen LogP contribution >= 0.6 is 15.9 Å². The van der Waals surface area contributed by atoms with Crippen LogP contribution in [-0.2, 0) is 13.5 Å². The van der Waals surface area contributed by atoms with Gasteiger partial charge in [0.15, 0.2) is 0 Å². The van der Waals surface area contributed by atoms with E-state index in [2.05, 4.69) is 21.0 Å². The van der Waals surface area contributed by atoms with E-state index < -0.39 is 0 Å². The van der Waals surface area contributed by atoms with Gasteiger partial charge in [-0.3, -0.25) is 4.68 Å². The minimum Gasteiger partial charge on any atom is -0.396 e. The molecule has 2 rings (SSSR count). The van der Waals surface area contributed by atoms with Gasteiger partial charge in [-0.1, -0.05) is 6.42 Å². The summed E-state index contributed by atoms with van der Waals surface area (Å²) in [5.74, 6) is 0. The molecule has 0 atom stereocenters. The van der Waals surface area contributed by atoms with Crippen molar-refractivity contribution in [2.75, 3.05) is 6.61 Å². The minimum atomic E-state index is 0.128. The second-order valence-corrected chi connectivity index (χ2v) is 5.45. The Morgan fingerprint density at radius 3 is 2.53 bits per heavy atom. The Morgan fingerprint density at radius 1 is 1.53 bits per heavy atom. The predicted octanol–water partition coefficient (Wildman–Crippen LogP) is 2.20. The summed E-state index contributed by atoms with van der Waals surface area (Å²) in [6.45, 7) is 2.30. The van der Waals surface area contributed by atoms with Crippen LogP contribution in [0.15, 0.2) is 4.47 Å². The number of rotatable bonds is 3. The lowest BCUT2D eigenvalue weighted by molar-refractivity contribution is 0.0431. The van der Waals surface area contributed by atoms with Gasteiger partial charge in [0.1, 0.15) is 0 Å². The van der Waals surface area contributed by atoms with Gasteiger partial charge in [0, 0.05) is 13.7 Å². The molecule has 0 bridgehead atoms. The fourth-order valence-electron chi connectivity index (χ4n) is 2.29. The molecule has 1 heterocycles. The largest absolute Gasteiger partial charge is 0.396 e. The molecule has 1 aromatic heterocycles. The molecule has 0 amide bonds. The van der Waals surface area contributed by atoms with E-state index in [1.807, 2.05) is 18.7 Å². The van der Waals surface area contributed by atoms with Gasteiger partial charge in [-0.15, -0.1) is 0 Å². The highest BCUT2D eigenvalue weighted by Gasteiger charge is 2.37. The van der Waals surface area contributed by atoms with Crippen LogP contribution in [0, 0.1) is 12.3 Å². The maximum atomic E-state index is 9.44. The molecule has 15 heavy (non-hydrogen) atoms. The van der Waals surface area contributed by atoms with Crippen molar-refractivity contribution >= 4 is 15.9 Å². The van der Waals surface area contributed by atoms with E-state index in [0.29, 0.717) is 6.61 Å². The molecule has 3 nitrogen and oxygen atoms in total. The summed E-state index contributed by atoms with van der Waals surface area (Å²) in [5.41, 5.74) is 2.36. The predicted molar refractivity (Wildman–Crippen MR) is 62.7 cm³/mol. The molecule has 0 spiro atoms. The van der Waals surface area contributed by atoms with Gasteiger partial charge < -0.3 is 5.11 Å². The zero-order valence-electron chi connectivity index (χ0n) is 9.26. The molecule has 1 fully saturated rings. The first-order chi connectivity index (χ1) is 7.08. The number of aliphatic hydroxyl groups excluding tert-OH is 1. The SMILES string of the molecule is Cc1nn(C)c(CC2(CO)CCC2)c1Br. The van der Waals surface area contributed by atoms with Crippen molar-refractivity contribution in [1.29, 1.82) is 0 Å². The highest BCUT2D eigenvalue weighted by Crippen LogP contribution is 2.44. The average molecular weight is 273 g/mol. The Morgan fingerprint density at radius 2 is 2.20 bits per heavy atom. The van der Waals surface area contributed by atoms with Crippen molar-refractivity contribution in [2.24, 2.45) is 12.5 Å². The molecule has 4 heteroatoms. The third-order valence-corrected chi connectivity index (χ3v) is 4.59. The van der Waals surface area contributed by atoms with E-state index in [9.17, 15) is 5.11 Å². The highest BCUT2D eigenvalue weighted by atomic mass is 79.9. The van der Waals surface area contributed by atoms with Crippen LogP contribution in [0.4, 0.5) is 0 Å². The van der Waals surface area contributed by atoms with Gasteiger partial charge >= 0.3 is 0 Å². The van der Waals surface area contributed by atoms with Gasteiger partial charge in [-0.05, 0) is 47.5 Å². The molecule has 1 N–H and O–H groups in total. The van der Waals surface area contributed by atoms with E-state index in [4.69, 9.17) is 0 Å². The number of aromatic nitrogens is 2. The molecule has 0 radical (unpaired) electrons. The van der Waals surface area contributed by atoms with Crippen molar-refractivity contribution in [1.82, 2.24) is 9.78 Å². The lowest BCUT2D eigenvalue weighted by Crippen LogP contribution is -2.36. The van der Waals surface area contributed by atoms with E-state index in [0.717, 1.165) is 29.4 Å². The fourth-order valence-corrected chi connectivity index (χ4v) is 2.77. The molecular formula is C11H17BrN2O.